The van der Waals surface area contributed by atoms with E-state index in [-0.39, 0.29) is 17.4 Å². The number of fused-ring (bicyclic) bond motifs is 1. The summed E-state index contributed by atoms with van der Waals surface area (Å²) in [5.41, 5.74) is 2.36. The first-order valence-electron chi connectivity index (χ1n) is 9.29. The lowest BCUT2D eigenvalue weighted by Crippen LogP contribution is -2.24. The number of nitrogens with zero attached hydrogens (tertiary/aromatic N) is 2. The van der Waals surface area contributed by atoms with Crippen molar-refractivity contribution < 1.29 is 13.9 Å². The predicted octanol–water partition coefficient (Wildman–Crippen LogP) is 4.57. The molecule has 0 radical (unpaired) electrons. The second kappa shape index (κ2) is 6.97. The summed E-state index contributed by atoms with van der Waals surface area (Å²) in [6.45, 7) is 5.64. The average Bonchev–Trinajstić information content (AvgIpc) is 3.21. The Morgan fingerprint density at radius 3 is 2.66 bits per heavy atom. The molecular weight excluding hydrogens is 371 g/mol. The van der Waals surface area contributed by atoms with Crippen molar-refractivity contribution >= 4 is 10.8 Å². The van der Waals surface area contributed by atoms with Crippen LogP contribution in [0.1, 0.15) is 31.9 Å². The van der Waals surface area contributed by atoms with Crippen molar-refractivity contribution in [1.29, 1.82) is 0 Å². The maximum Gasteiger partial charge on any atom is 0.282 e. The highest BCUT2D eigenvalue weighted by molar-refractivity contribution is 5.83. The lowest BCUT2D eigenvalue weighted by molar-refractivity contribution is 0.282. The molecule has 0 aliphatic heterocycles. The van der Waals surface area contributed by atoms with Crippen LogP contribution in [0, 0.1) is 5.82 Å². The molecule has 0 spiro atoms. The Bertz CT molecular complexity index is 1250. The fourth-order valence-corrected chi connectivity index (χ4v) is 3.47. The molecule has 0 unspecified atom stereocenters. The van der Waals surface area contributed by atoms with Crippen LogP contribution in [0.15, 0.2) is 64.3 Å². The summed E-state index contributed by atoms with van der Waals surface area (Å²) in [4.78, 5) is 13.1. The van der Waals surface area contributed by atoms with Gasteiger partial charge in [0.1, 0.15) is 5.82 Å². The molecule has 5 nitrogen and oxygen atoms in total. The van der Waals surface area contributed by atoms with E-state index >= 15 is 0 Å². The van der Waals surface area contributed by atoms with Gasteiger partial charge in [0.25, 0.3) is 5.56 Å². The molecule has 0 aliphatic carbocycles. The normalized spacial score (nSPS) is 11.9. The molecule has 1 N–H and O–H groups in total. The second-order valence-corrected chi connectivity index (χ2v) is 8.01. The summed E-state index contributed by atoms with van der Waals surface area (Å²) in [5, 5.41) is 14.7. The Morgan fingerprint density at radius 1 is 1.21 bits per heavy atom. The molecule has 4 aromatic rings. The van der Waals surface area contributed by atoms with Gasteiger partial charge in [0, 0.05) is 16.5 Å². The Labute approximate surface area is 167 Å². The summed E-state index contributed by atoms with van der Waals surface area (Å²) in [5.74, 6) is -0.579. The van der Waals surface area contributed by atoms with Gasteiger partial charge in [-0.15, -0.1) is 0 Å². The highest BCUT2D eigenvalue weighted by atomic mass is 19.1. The van der Waals surface area contributed by atoms with E-state index in [0.29, 0.717) is 16.6 Å². The number of aliphatic hydroxyl groups excluding tert-OH is 1. The van der Waals surface area contributed by atoms with Crippen LogP contribution in [0.2, 0.25) is 0 Å². The molecule has 0 bridgehead atoms. The van der Waals surface area contributed by atoms with Crippen LogP contribution < -0.4 is 5.56 Å². The zero-order chi connectivity index (χ0) is 20.8. The van der Waals surface area contributed by atoms with Crippen LogP contribution in [0.5, 0.6) is 0 Å². The van der Waals surface area contributed by atoms with E-state index in [0.717, 1.165) is 21.4 Å². The summed E-state index contributed by atoms with van der Waals surface area (Å²) in [6.07, 6.45) is 4.58. The standard InChI is InChI=1S/C23H21FN2O3/c1-23(2,3)16-9-15-11-25-26(22(28)21(15)19(24)10-16)20-6-4-5-17(18(20)12-27)14-7-8-29-13-14/h4-11,13,27H,12H2,1-3H3. The van der Waals surface area contributed by atoms with Gasteiger partial charge in [0.05, 0.1) is 36.4 Å². The first-order valence-corrected chi connectivity index (χ1v) is 9.29. The Morgan fingerprint density at radius 2 is 2.00 bits per heavy atom. The van der Waals surface area contributed by atoms with E-state index in [1.54, 1.807) is 30.5 Å². The van der Waals surface area contributed by atoms with Gasteiger partial charge in [-0.1, -0.05) is 32.9 Å². The van der Waals surface area contributed by atoms with E-state index in [9.17, 15) is 14.3 Å². The van der Waals surface area contributed by atoms with Crippen molar-refractivity contribution in [3.63, 3.8) is 0 Å². The second-order valence-electron chi connectivity index (χ2n) is 8.01. The fraction of sp³-hybridized carbons (Fsp3) is 0.217. The highest BCUT2D eigenvalue weighted by Crippen LogP contribution is 2.30. The van der Waals surface area contributed by atoms with E-state index in [4.69, 9.17) is 4.42 Å². The lowest BCUT2D eigenvalue weighted by atomic mass is 9.86. The zero-order valence-electron chi connectivity index (χ0n) is 16.4. The number of aromatic nitrogens is 2. The van der Waals surface area contributed by atoms with E-state index in [2.05, 4.69) is 5.10 Å². The van der Waals surface area contributed by atoms with Crippen LogP contribution in [0.25, 0.3) is 27.6 Å². The number of halogens is 1. The highest BCUT2D eigenvalue weighted by Gasteiger charge is 2.20. The monoisotopic (exact) mass is 392 g/mol. The molecule has 0 saturated heterocycles. The third-order valence-corrected chi connectivity index (χ3v) is 5.08. The maximum atomic E-state index is 14.9. The molecule has 4 rings (SSSR count). The number of hydrogen-bond acceptors (Lipinski definition) is 4. The van der Waals surface area contributed by atoms with Gasteiger partial charge < -0.3 is 9.52 Å². The fourth-order valence-electron chi connectivity index (χ4n) is 3.47. The molecule has 6 heteroatoms. The van der Waals surface area contributed by atoms with Crippen molar-refractivity contribution in [1.82, 2.24) is 9.78 Å². The molecule has 2 aromatic heterocycles. The van der Waals surface area contributed by atoms with Crippen molar-refractivity contribution in [2.24, 2.45) is 0 Å². The minimum Gasteiger partial charge on any atom is -0.472 e. The minimum atomic E-state index is -0.579. The molecule has 148 valence electrons. The Hall–Kier alpha value is -3.25. The van der Waals surface area contributed by atoms with Gasteiger partial charge in [-0.25, -0.2) is 4.39 Å². The zero-order valence-corrected chi connectivity index (χ0v) is 16.4. The van der Waals surface area contributed by atoms with Crippen LogP contribution >= 0.6 is 0 Å². The molecule has 0 aliphatic rings. The molecule has 0 fully saturated rings. The molecule has 2 aromatic carbocycles. The van der Waals surface area contributed by atoms with E-state index in [1.807, 2.05) is 26.8 Å². The predicted molar refractivity (Wildman–Crippen MR) is 110 cm³/mol. The molecule has 0 atom stereocenters. The van der Waals surface area contributed by atoms with Gasteiger partial charge in [0.2, 0.25) is 0 Å². The topological polar surface area (TPSA) is 68.3 Å². The lowest BCUT2D eigenvalue weighted by Gasteiger charge is -2.20. The quantitative estimate of drug-likeness (QED) is 0.554. The number of benzene rings is 2. The maximum absolute atomic E-state index is 14.9. The molecule has 0 saturated carbocycles. The number of aliphatic hydroxyl groups is 1. The largest absolute Gasteiger partial charge is 0.472 e. The summed E-state index contributed by atoms with van der Waals surface area (Å²) < 4.78 is 21.2. The smallest absolute Gasteiger partial charge is 0.282 e. The third kappa shape index (κ3) is 3.25. The van der Waals surface area contributed by atoms with Gasteiger partial charge in [-0.3, -0.25) is 4.79 Å². The number of rotatable bonds is 3. The van der Waals surface area contributed by atoms with Crippen LogP contribution in [-0.4, -0.2) is 14.9 Å². The third-order valence-electron chi connectivity index (χ3n) is 5.08. The Balaban J connectivity index is 1.97. The van der Waals surface area contributed by atoms with Crippen molar-refractivity contribution in [3.8, 4) is 16.8 Å². The number of hydrogen-bond donors (Lipinski definition) is 1. The van der Waals surface area contributed by atoms with Crippen LogP contribution in [-0.2, 0) is 12.0 Å². The Kier molecular flexibility index (Phi) is 4.59. The van der Waals surface area contributed by atoms with Crippen LogP contribution in [0.3, 0.4) is 0 Å². The SMILES string of the molecule is CC(C)(C)c1cc(F)c2c(=O)n(-c3cccc(-c4ccoc4)c3CO)ncc2c1. The molecule has 2 heterocycles. The van der Waals surface area contributed by atoms with E-state index < -0.39 is 11.4 Å². The van der Waals surface area contributed by atoms with Gasteiger partial charge in [0.15, 0.2) is 0 Å². The molecule has 0 amide bonds. The molecule has 29 heavy (non-hydrogen) atoms. The average molecular weight is 392 g/mol. The minimum absolute atomic E-state index is 0.0226. The summed E-state index contributed by atoms with van der Waals surface area (Å²) in [7, 11) is 0. The van der Waals surface area contributed by atoms with Crippen molar-refractivity contribution in [2.45, 2.75) is 32.8 Å². The summed E-state index contributed by atoms with van der Waals surface area (Å²) >= 11 is 0. The first kappa shape index (κ1) is 19.1. The first-order chi connectivity index (χ1) is 13.8. The van der Waals surface area contributed by atoms with Gasteiger partial charge >= 0.3 is 0 Å². The van der Waals surface area contributed by atoms with Crippen molar-refractivity contribution in [2.75, 3.05) is 0 Å². The van der Waals surface area contributed by atoms with Gasteiger partial charge in [-0.05, 0) is 40.8 Å². The van der Waals surface area contributed by atoms with Crippen LogP contribution in [0.4, 0.5) is 4.39 Å². The number of furan rings is 1. The van der Waals surface area contributed by atoms with Crippen molar-refractivity contribution in [3.05, 3.63) is 82.4 Å². The molecular formula is C23H21FN2O3. The van der Waals surface area contributed by atoms with Gasteiger partial charge in [-0.2, -0.15) is 9.78 Å². The summed E-state index contributed by atoms with van der Waals surface area (Å²) in [6, 6.07) is 10.2. The van der Waals surface area contributed by atoms with E-state index in [1.165, 1.54) is 18.5 Å².